The highest BCUT2D eigenvalue weighted by Gasteiger charge is 2.21. The topological polar surface area (TPSA) is 110 Å². The van der Waals surface area contributed by atoms with Gasteiger partial charge in [0.1, 0.15) is 6.54 Å². The molecule has 0 aliphatic heterocycles. The summed E-state index contributed by atoms with van der Waals surface area (Å²) in [5.41, 5.74) is 7.03. The van der Waals surface area contributed by atoms with Gasteiger partial charge in [0.25, 0.3) is 0 Å². The molecule has 2 rings (SSSR count). The Hall–Kier alpha value is -2.39. The number of primary amides is 1. The second-order valence-corrected chi connectivity index (χ2v) is 8.46. The maximum atomic E-state index is 12.3. The average Bonchev–Trinajstić information content (AvgIpc) is 2.54. The van der Waals surface area contributed by atoms with Crippen LogP contribution in [0.15, 0.2) is 46.9 Å². The van der Waals surface area contributed by atoms with Crippen molar-refractivity contribution >= 4 is 49.1 Å². The first-order chi connectivity index (χ1) is 12.1. The monoisotopic (exact) mass is 439 g/mol. The highest BCUT2D eigenvalue weighted by atomic mass is 79.9. The first kappa shape index (κ1) is 19.9. The molecular weight excluding hydrogens is 422 g/mol. The Labute approximate surface area is 160 Å². The molecule has 0 unspecified atom stereocenters. The number of carbonyl (C=O) groups is 2. The minimum atomic E-state index is -3.67. The number of halogens is 1. The molecule has 26 heavy (non-hydrogen) atoms. The van der Waals surface area contributed by atoms with Gasteiger partial charge in [-0.05, 0) is 48.9 Å². The summed E-state index contributed by atoms with van der Waals surface area (Å²) in [5, 5.41) is 2.57. The zero-order chi connectivity index (χ0) is 19.5. The lowest BCUT2D eigenvalue weighted by Gasteiger charge is -2.22. The van der Waals surface area contributed by atoms with Crippen LogP contribution in [-0.4, -0.2) is 33.0 Å². The lowest BCUT2D eigenvalue weighted by molar-refractivity contribution is -0.114. The van der Waals surface area contributed by atoms with Crippen LogP contribution < -0.4 is 15.4 Å². The minimum absolute atomic E-state index is 0.242. The zero-order valence-corrected chi connectivity index (χ0v) is 16.6. The van der Waals surface area contributed by atoms with Crippen LogP contribution in [0.4, 0.5) is 11.4 Å². The van der Waals surface area contributed by atoms with Crippen molar-refractivity contribution in [3.8, 4) is 0 Å². The van der Waals surface area contributed by atoms with Gasteiger partial charge in [-0.15, -0.1) is 0 Å². The molecule has 0 saturated heterocycles. The summed E-state index contributed by atoms with van der Waals surface area (Å²) in [6, 6.07) is 11.1. The Kier molecular flexibility index (Phi) is 6.04. The largest absolute Gasteiger partial charge is 0.366 e. The number of hydrogen-bond donors (Lipinski definition) is 2. The Morgan fingerprint density at radius 2 is 1.88 bits per heavy atom. The van der Waals surface area contributed by atoms with Gasteiger partial charge in [-0.2, -0.15) is 0 Å². The number of hydrogen-bond acceptors (Lipinski definition) is 4. The van der Waals surface area contributed by atoms with Crippen LogP contribution in [0.3, 0.4) is 0 Å². The number of aryl methyl sites for hydroxylation is 1. The minimum Gasteiger partial charge on any atom is -0.366 e. The standard InChI is InChI=1S/C17H18BrN3O4S/c1-11-8-14(6-7-15(11)18)21(26(2,24)25)10-16(22)20-13-5-3-4-12(9-13)17(19)23/h3-9H,10H2,1-2H3,(H2,19,23)(H,20,22). The van der Waals surface area contributed by atoms with Gasteiger partial charge >= 0.3 is 0 Å². The van der Waals surface area contributed by atoms with Crippen LogP contribution in [0.25, 0.3) is 0 Å². The van der Waals surface area contributed by atoms with E-state index in [0.29, 0.717) is 11.4 Å². The third-order valence-corrected chi connectivity index (χ3v) is 5.58. The Bertz CT molecular complexity index is 960. The summed E-state index contributed by atoms with van der Waals surface area (Å²) in [5.74, 6) is -1.16. The maximum absolute atomic E-state index is 12.3. The first-order valence-electron chi connectivity index (χ1n) is 7.51. The molecule has 138 valence electrons. The molecule has 9 heteroatoms. The Morgan fingerprint density at radius 3 is 2.46 bits per heavy atom. The van der Waals surface area contributed by atoms with Gasteiger partial charge in [0, 0.05) is 15.7 Å². The lowest BCUT2D eigenvalue weighted by atomic mass is 10.2. The van der Waals surface area contributed by atoms with E-state index in [-0.39, 0.29) is 5.56 Å². The second-order valence-electron chi connectivity index (χ2n) is 5.70. The average molecular weight is 440 g/mol. The van der Waals surface area contributed by atoms with Crippen LogP contribution >= 0.6 is 15.9 Å². The van der Waals surface area contributed by atoms with E-state index < -0.39 is 28.4 Å². The highest BCUT2D eigenvalue weighted by molar-refractivity contribution is 9.10. The predicted octanol–water partition coefficient (Wildman–Crippen LogP) is 2.26. The number of rotatable bonds is 6. The maximum Gasteiger partial charge on any atom is 0.248 e. The van der Waals surface area contributed by atoms with Crippen LogP contribution in [0.5, 0.6) is 0 Å². The number of sulfonamides is 1. The first-order valence-corrected chi connectivity index (χ1v) is 10.2. The van der Waals surface area contributed by atoms with Gasteiger partial charge in [-0.25, -0.2) is 8.42 Å². The number of nitrogens with one attached hydrogen (secondary N) is 1. The van der Waals surface area contributed by atoms with Crippen molar-refractivity contribution in [2.45, 2.75) is 6.92 Å². The molecule has 3 N–H and O–H groups in total. The molecular formula is C17H18BrN3O4S. The second kappa shape index (κ2) is 7.88. The summed E-state index contributed by atoms with van der Waals surface area (Å²) >= 11 is 3.36. The van der Waals surface area contributed by atoms with Crippen molar-refractivity contribution in [1.82, 2.24) is 0 Å². The molecule has 2 aromatic rings. The molecule has 0 spiro atoms. The van der Waals surface area contributed by atoms with Crippen molar-refractivity contribution in [3.05, 3.63) is 58.1 Å². The fourth-order valence-corrected chi connectivity index (χ4v) is 3.36. The molecule has 0 aromatic heterocycles. The Balaban J connectivity index is 2.23. The summed E-state index contributed by atoms with van der Waals surface area (Å²) < 4.78 is 26.1. The molecule has 0 aliphatic rings. The van der Waals surface area contributed by atoms with Gasteiger partial charge in [-0.1, -0.05) is 22.0 Å². The number of nitrogens with zero attached hydrogens (tertiary/aromatic N) is 1. The van der Waals surface area contributed by atoms with E-state index in [4.69, 9.17) is 5.73 Å². The SMILES string of the molecule is Cc1cc(N(CC(=O)Nc2cccc(C(N)=O)c2)S(C)(=O)=O)ccc1Br. The van der Waals surface area contributed by atoms with E-state index in [1.165, 1.54) is 12.1 Å². The van der Waals surface area contributed by atoms with Gasteiger partial charge in [0.2, 0.25) is 21.8 Å². The Morgan fingerprint density at radius 1 is 1.19 bits per heavy atom. The summed E-state index contributed by atoms with van der Waals surface area (Å²) in [6.45, 7) is 1.42. The summed E-state index contributed by atoms with van der Waals surface area (Å²) in [6.07, 6.45) is 1.03. The molecule has 0 radical (unpaired) electrons. The molecule has 0 fully saturated rings. The fourth-order valence-electron chi connectivity index (χ4n) is 2.27. The van der Waals surface area contributed by atoms with E-state index >= 15 is 0 Å². The molecule has 0 saturated carbocycles. The van der Waals surface area contributed by atoms with Crippen molar-refractivity contribution in [2.75, 3.05) is 22.4 Å². The molecule has 0 atom stereocenters. The van der Waals surface area contributed by atoms with Crippen LogP contribution in [0, 0.1) is 6.92 Å². The molecule has 7 nitrogen and oxygen atoms in total. The molecule has 2 amide bonds. The van der Waals surface area contributed by atoms with Gasteiger partial charge in [0.15, 0.2) is 0 Å². The molecule has 0 bridgehead atoms. The van der Waals surface area contributed by atoms with E-state index in [9.17, 15) is 18.0 Å². The molecule has 0 aliphatic carbocycles. The number of carbonyl (C=O) groups excluding carboxylic acids is 2. The van der Waals surface area contributed by atoms with Gasteiger partial charge in [0.05, 0.1) is 11.9 Å². The smallest absolute Gasteiger partial charge is 0.248 e. The van der Waals surface area contributed by atoms with Crippen molar-refractivity contribution in [3.63, 3.8) is 0 Å². The fraction of sp³-hybridized carbons (Fsp3) is 0.176. The molecule has 2 aromatic carbocycles. The lowest BCUT2D eigenvalue weighted by Crippen LogP contribution is -2.37. The number of anilines is 2. The number of benzene rings is 2. The van der Waals surface area contributed by atoms with Crippen molar-refractivity contribution in [1.29, 1.82) is 0 Å². The van der Waals surface area contributed by atoms with E-state index in [1.807, 2.05) is 6.92 Å². The van der Waals surface area contributed by atoms with Crippen molar-refractivity contribution < 1.29 is 18.0 Å². The highest BCUT2D eigenvalue weighted by Crippen LogP contribution is 2.24. The number of nitrogens with two attached hydrogens (primary N) is 1. The van der Waals surface area contributed by atoms with Crippen LogP contribution in [-0.2, 0) is 14.8 Å². The van der Waals surface area contributed by atoms with Gasteiger partial charge in [-0.3, -0.25) is 13.9 Å². The van der Waals surface area contributed by atoms with E-state index in [1.54, 1.807) is 30.3 Å². The van der Waals surface area contributed by atoms with Crippen molar-refractivity contribution in [2.24, 2.45) is 5.73 Å². The third-order valence-electron chi connectivity index (χ3n) is 3.55. The predicted molar refractivity (Wildman–Crippen MR) is 105 cm³/mol. The van der Waals surface area contributed by atoms with E-state index in [2.05, 4.69) is 21.2 Å². The van der Waals surface area contributed by atoms with Crippen LogP contribution in [0.1, 0.15) is 15.9 Å². The van der Waals surface area contributed by atoms with E-state index in [0.717, 1.165) is 20.6 Å². The quantitative estimate of drug-likeness (QED) is 0.718. The zero-order valence-electron chi connectivity index (χ0n) is 14.2. The summed E-state index contributed by atoms with van der Waals surface area (Å²) in [7, 11) is -3.67. The normalized spacial score (nSPS) is 11.0. The summed E-state index contributed by atoms with van der Waals surface area (Å²) in [4.78, 5) is 23.5. The number of amides is 2. The van der Waals surface area contributed by atoms with Gasteiger partial charge < -0.3 is 11.1 Å². The molecule has 0 heterocycles. The van der Waals surface area contributed by atoms with Crippen LogP contribution in [0.2, 0.25) is 0 Å². The third kappa shape index (κ3) is 5.06.